The summed E-state index contributed by atoms with van der Waals surface area (Å²) in [6.07, 6.45) is 3.56. The fraction of sp³-hybridized carbons (Fsp3) is 1.00. The Bertz CT molecular complexity index is 168. The second-order valence-electron chi connectivity index (χ2n) is 4.38. The van der Waals surface area contributed by atoms with Gasteiger partial charge in [0.2, 0.25) is 0 Å². The molecule has 0 saturated carbocycles. The Labute approximate surface area is 99.3 Å². The van der Waals surface area contributed by atoms with Crippen molar-refractivity contribution in [2.75, 3.05) is 40.4 Å². The van der Waals surface area contributed by atoms with Gasteiger partial charge in [0.05, 0.1) is 0 Å². The molecule has 0 aromatic carbocycles. The minimum Gasteiger partial charge on any atom is -0.355 e. The van der Waals surface area contributed by atoms with Crippen molar-refractivity contribution in [1.29, 1.82) is 0 Å². The van der Waals surface area contributed by atoms with Crippen LogP contribution in [0.4, 0.5) is 0 Å². The topological polar surface area (TPSA) is 33.7 Å². The number of hydrogen-bond acceptors (Lipinski definition) is 4. The van der Waals surface area contributed by atoms with Crippen molar-refractivity contribution in [1.82, 2.24) is 10.2 Å². The van der Waals surface area contributed by atoms with Crippen LogP contribution >= 0.6 is 0 Å². The van der Waals surface area contributed by atoms with E-state index in [9.17, 15) is 0 Å². The zero-order chi connectivity index (χ0) is 11.8. The minimum atomic E-state index is -0.0959. The third-order valence-corrected chi connectivity index (χ3v) is 3.25. The van der Waals surface area contributed by atoms with E-state index in [1.807, 2.05) is 0 Å². The summed E-state index contributed by atoms with van der Waals surface area (Å²) in [6, 6.07) is 0.689. The lowest BCUT2D eigenvalue weighted by Gasteiger charge is -2.35. The first-order chi connectivity index (χ1) is 7.81. The normalized spacial score (nSPS) is 18.6. The Morgan fingerprint density at radius 3 is 2.38 bits per heavy atom. The van der Waals surface area contributed by atoms with Crippen LogP contribution in [-0.2, 0) is 9.47 Å². The molecule has 16 heavy (non-hydrogen) atoms. The summed E-state index contributed by atoms with van der Waals surface area (Å²) < 4.78 is 10.6. The predicted molar refractivity (Wildman–Crippen MR) is 65.6 cm³/mol. The fourth-order valence-corrected chi connectivity index (χ4v) is 2.32. The lowest BCUT2D eigenvalue weighted by atomic mass is 10.0. The van der Waals surface area contributed by atoms with Gasteiger partial charge in [-0.05, 0) is 38.9 Å². The molecule has 4 heteroatoms. The molecule has 0 radical (unpaired) electrons. The molecule has 1 saturated heterocycles. The van der Waals surface area contributed by atoms with Crippen LogP contribution in [0.2, 0.25) is 0 Å². The molecular weight excluding hydrogens is 204 g/mol. The van der Waals surface area contributed by atoms with E-state index in [1.54, 1.807) is 14.2 Å². The van der Waals surface area contributed by atoms with E-state index in [1.165, 1.54) is 19.3 Å². The van der Waals surface area contributed by atoms with Gasteiger partial charge in [0.1, 0.15) is 0 Å². The molecule has 0 atom stereocenters. The molecule has 4 nitrogen and oxygen atoms in total. The first-order valence-electron chi connectivity index (χ1n) is 6.32. The standard InChI is InChI=1S/C12H26N2O2/c1-4-9-14(10-12(15-2)16-3)11-5-7-13-8-6-11/h11-13H,4-10H2,1-3H3. The molecule has 0 aromatic rings. The summed E-state index contributed by atoms with van der Waals surface area (Å²) in [5.74, 6) is 0. The number of hydrogen-bond donors (Lipinski definition) is 1. The quantitative estimate of drug-likeness (QED) is 0.663. The lowest BCUT2D eigenvalue weighted by Crippen LogP contribution is -2.47. The molecule has 96 valence electrons. The van der Waals surface area contributed by atoms with Crippen LogP contribution < -0.4 is 5.32 Å². The third-order valence-electron chi connectivity index (χ3n) is 3.25. The maximum Gasteiger partial charge on any atom is 0.169 e. The summed E-state index contributed by atoms with van der Waals surface area (Å²) in [7, 11) is 3.42. The minimum absolute atomic E-state index is 0.0959. The average molecular weight is 230 g/mol. The van der Waals surface area contributed by atoms with Crippen molar-refractivity contribution in [2.24, 2.45) is 0 Å². The number of rotatable bonds is 7. The number of piperidine rings is 1. The van der Waals surface area contributed by atoms with E-state index in [0.29, 0.717) is 6.04 Å². The molecule has 1 rings (SSSR count). The predicted octanol–water partition coefficient (Wildman–Crippen LogP) is 1.07. The highest BCUT2D eigenvalue weighted by Gasteiger charge is 2.22. The first-order valence-corrected chi connectivity index (χ1v) is 6.32. The van der Waals surface area contributed by atoms with Crippen molar-refractivity contribution < 1.29 is 9.47 Å². The summed E-state index contributed by atoms with van der Waals surface area (Å²) in [6.45, 7) is 6.51. The molecule has 0 aliphatic carbocycles. The summed E-state index contributed by atoms with van der Waals surface area (Å²) in [4.78, 5) is 2.51. The summed E-state index contributed by atoms with van der Waals surface area (Å²) in [5, 5.41) is 3.40. The molecular formula is C12H26N2O2. The van der Waals surface area contributed by atoms with Gasteiger partial charge in [-0.2, -0.15) is 0 Å². The van der Waals surface area contributed by atoms with Gasteiger partial charge in [-0.25, -0.2) is 0 Å². The lowest BCUT2D eigenvalue weighted by molar-refractivity contribution is -0.121. The second kappa shape index (κ2) is 8.01. The van der Waals surface area contributed by atoms with Gasteiger partial charge in [-0.15, -0.1) is 0 Å². The van der Waals surface area contributed by atoms with Crippen molar-refractivity contribution in [3.63, 3.8) is 0 Å². The smallest absolute Gasteiger partial charge is 0.169 e. The van der Waals surface area contributed by atoms with E-state index in [-0.39, 0.29) is 6.29 Å². The van der Waals surface area contributed by atoms with Gasteiger partial charge in [0.15, 0.2) is 6.29 Å². The van der Waals surface area contributed by atoms with E-state index in [4.69, 9.17) is 9.47 Å². The van der Waals surface area contributed by atoms with Crippen molar-refractivity contribution in [2.45, 2.75) is 38.5 Å². The van der Waals surface area contributed by atoms with Crippen LogP contribution in [0.3, 0.4) is 0 Å². The highest BCUT2D eigenvalue weighted by Crippen LogP contribution is 2.13. The molecule has 1 aliphatic rings. The number of nitrogens with one attached hydrogen (secondary N) is 1. The SMILES string of the molecule is CCCN(CC(OC)OC)C1CCNCC1. The molecule has 0 unspecified atom stereocenters. The maximum absolute atomic E-state index is 5.29. The average Bonchev–Trinajstić information content (AvgIpc) is 2.35. The number of nitrogens with zero attached hydrogens (tertiary/aromatic N) is 1. The van der Waals surface area contributed by atoms with E-state index < -0.39 is 0 Å². The van der Waals surface area contributed by atoms with Gasteiger partial charge >= 0.3 is 0 Å². The summed E-state index contributed by atoms with van der Waals surface area (Å²) >= 11 is 0. The van der Waals surface area contributed by atoms with E-state index in [0.717, 1.165) is 26.2 Å². The van der Waals surface area contributed by atoms with Crippen LogP contribution in [0, 0.1) is 0 Å². The van der Waals surface area contributed by atoms with Crippen LogP contribution in [0.25, 0.3) is 0 Å². The Morgan fingerprint density at radius 2 is 1.88 bits per heavy atom. The first kappa shape index (κ1) is 13.9. The van der Waals surface area contributed by atoms with Crippen LogP contribution in [-0.4, -0.2) is 57.6 Å². The van der Waals surface area contributed by atoms with Crippen molar-refractivity contribution in [3.8, 4) is 0 Å². The number of methoxy groups -OCH3 is 2. The third kappa shape index (κ3) is 4.37. The highest BCUT2D eigenvalue weighted by molar-refractivity contribution is 4.78. The van der Waals surface area contributed by atoms with Gasteiger partial charge in [0, 0.05) is 26.8 Å². The Hall–Kier alpha value is -0.160. The Morgan fingerprint density at radius 1 is 1.25 bits per heavy atom. The van der Waals surface area contributed by atoms with Crippen LogP contribution in [0.1, 0.15) is 26.2 Å². The molecule has 1 N–H and O–H groups in total. The molecule has 1 heterocycles. The number of ether oxygens (including phenoxy) is 2. The zero-order valence-electron chi connectivity index (χ0n) is 10.9. The second-order valence-corrected chi connectivity index (χ2v) is 4.38. The van der Waals surface area contributed by atoms with E-state index >= 15 is 0 Å². The summed E-state index contributed by atoms with van der Waals surface area (Å²) in [5.41, 5.74) is 0. The van der Waals surface area contributed by atoms with Crippen molar-refractivity contribution >= 4 is 0 Å². The molecule has 0 bridgehead atoms. The van der Waals surface area contributed by atoms with Crippen molar-refractivity contribution in [3.05, 3.63) is 0 Å². The molecule has 0 spiro atoms. The molecule has 1 fully saturated rings. The van der Waals surface area contributed by atoms with Gasteiger partial charge in [-0.1, -0.05) is 6.92 Å². The van der Waals surface area contributed by atoms with Crippen LogP contribution in [0.15, 0.2) is 0 Å². The fourth-order valence-electron chi connectivity index (χ4n) is 2.32. The Balaban J connectivity index is 2.44. The monoisotopic (exact) mass is 230 g/mol. The van der Waals surface area contributed by atoms with Gasteiger partial charge in [0.25, 0.3) is 0 Å². The maximum atomic E-state index is 5.29. The molecule has 0 aromatic heterocycles. The molecule has 0 amide bonds. The van der Waals surface area contributed by atoms with Gasteiger partial charge in [-0.3, -0.25) is 4.90 Å². The highest BCUT2D eigenvalue weighted by atomic mass is 16.7. The van der Waals surface area contributed by atoms with E-state index in [2.05, 4.69) is 17.1 Å². The largest absolute Gasteiger partial charge is 0.355 e. The zero-order valence-corrected chi connectivity index (χ0v) is 10.9. The van der Waals surface area contributed by atoms with Gasteiger partial charge < -0.3 is 14.8 Å². The Kier molecular flexibility index (Phi) is 6.96. The molecule has 1 aliphatic heterocycles. The van der Waals surface area contributed by atoms with Crippen LogP contribution in [0.5, 0.6) is 0 Å².